The van der Waals surface area contributed by atoms with E-state index >= 15 is 0 Å². The van der Waals surface area contributed by atoms with E-state index in [2.05, 4.69) is 106 Å². The summed E-state index contributed by atoms with van der Waals surface area (Å²) in [4.78, 5) is 38.4. The first-order valence-corrected chi connectivity index (χ1v) is 36.1. The molecule has 0 aromatic carbocycles. The van der Waals surface area contributed by atoms with Crippen molar-refractivity contribution in [1.82, 2.24) is 0 Å². The summed E-state index contributed by atoms with van der Waals surface area (Å²) in [5, 5.41) is 0. The van der Waals surface area contributed by atoms with Crippen molar-refractivity contribution in [2.24, 2.45) is 0 Å². The first kappa shape index (κ1) is 79.6. The lowest BCUT2D eigenvalue weighted by Gasteiger charge is -2.18. The van der Waals surface area contributed by atoms with Gasteiger partial charge in [-0.3, -0.25) is 14.4 Å². The second-order valence-corrected chi connectivity index (χ2v) is 24.1. The second-order valence-electron chi connectivity index (χ2n) is 24.1. The van der Waals surface area contributed by atoms with Crippen LogP contribution in [0.5, 0.6) is 0 Å². The maximum atomic E-state index is 13.0. The van der Waals surface area contributed by atoms with Crippen molar-refractivity contribution in [1.29, 1.82) is 0 Å². The molecule has 0 radical (unpaired) electrons. The van der Waals surface area contributed by atoms with Gasteiger partial charge < -0.3 is 14.2 Å². The number of rotatable bonds is 66. The summed E-state index contributed by atoms with van der Waals surface area (Å²) in [6, 6.07) is 0. The predicted molar refractivity (Wildman–Crippen MR) is 362 cm³/mol. The smallest absolute Gasteiger partial charge is 0.306 e. The number of carbonyl (C=O) groups is 3. The third-order valence-electron chi connectivity index (χ3n) is 15.8. The van der Waals surface area contributed by atoms with E-state index in [1.54, 1.807) is 0 Å². The van der Waals surface area contributed by atoms with Crippen LogP contribution in [0.3, 0.4) is 0 Å². The van der Waals surface area contributed by atoms with Gasteiger partial charge in [-0.1, -0.05) is 324 Å². The molecule has 0 aromatic rings. The van der Waals surface area contributed by atoms with Gasteiger partial charge in [0.1, 0.15) is 13.2 Å². The number of allylic oxidation sites excluding steroid dienone is 14. The van der Waals surface area contributed by atoms with E-state index in [1.165, 1.54) is 218 Å². The van der Waals surface area contributed by atoms with E-state index in [4.69, 9.17) is 14.2 Å². The van der Waals surface area contributed by atoms with E-state index in [0.29, 0.717) is 19.3 Å². The molecule has 0 saturated heterocycles. The van der Waals surface area contributed by atoms with Crippen LogP contribution in [0.4, 0.5) is 0 Å². The van der Waals surface area contributed by atoms with Crippen LogP contribution in [0, 0.1) is 0 Å². The molecule has 0 saturated carbocycles. The van der Waals surface area contributed by atoms with Gasteiger partial charge in [0, 0.05) is 19.3 Å². The fourth-order valence-electron chi connectivity index (χ4n) is 10.5. The Kier molecular flexibility index (Phi) is 68.2. The maximum absolute atomic E-state index is 13.0. The minimum absolute atomic E-state index is 0.0799. The molecule has 480 valence electrons. The molecule has 0 amide bonds. The molecule has 0 aliphatic rings. The van der Waals surface area contributed by atoms with Gasteiger partial charge in [-0.25, -0.2) is 0 Å². The van der Waals surface area contributed by atoms with E-state index in [-0.39, 0.29) is 31.1 Å². The Labute approximate surface area is 515 Å². The van der Waals surface area contributed by atoms with Gasteiger partial charge in [-0.2, -0.15) is 0 Å². The van der Waals surface area contributed by atoms with Crippen molar-refractivity contribution in [2.75, 3.05) is 13.2 Å². The van der Waals surface area contributed by atoms with Crippen molar-refractivity contribution in [2.45, 2.75) is 374 Å². The number of esters is 3. The summed E-state index contributed by atoms with van der Waals surface area (Å²) in [6.07, 6.45) is 94.8. The first-order valence-electron chi connectivity index (χ1n) is 36.1. The largest absolute Gasteiger partial charge is 0.462 e. The summed E-state index contributed by atoms with van der Waals surface area (Å²) >= 11 is 0. The van der Waals surface area contributed by atoms with Crippen molar-refractivity contribution in [3.8, 4) is 0 Å². The summed E-state index contributed by atoms with van der Waals surface area (Å²) in [5.41, 5.74) is 0. The Bertz CT molecular complexity index is 1570. The number of unbranched alkanes of at least 4 members (excludes halogenated alkanes) is 41. The zero-order valence-electron chi connectivity index (χ0n) is 55.2. The topological polar surface area (TPSA) is 78.9 Å². The maximum Gasteiger partial charge on any atom is 0.306 e. The van der Waals surface area contributed by atoms with Crippen LogP contribution in [0.25, 0.3) is 0 Å². The molecule has 0 spiro atoms. The van der Waals surface area contributed by atoms with Crippen molar-refractivity contribution in [3.05, 3.63) is 85.1 Å². The number of ether oxygens (including phenoxy) is 3. The van der Waals surface area contributed by atoms with Gasteiger partial charge in [-0.05, 0) is 109 Å². The average molecular weight is 1160 g/mol. The molecular formula is C77H136O6. The van der Waals surface area contributed by atoms with E-state index < -0.39 is 6.10 Å². The molecule has 0 aromatic heterocycles. The highest BCUT2D eigenvalue weighted by Gasteiger charge is 2.19. The zero-order valence-corrected chi connectivity index (χ0v) is 55.2. The minimum atomic E-state index is -0.786. The zero-order chi connectivity index (χ0) is 59.9. The number of hydrogen-bond acceptors (Lipinski definition) is 6. The molecule has 83 heavy (non-hydrogen) atoms. The molecule has 0 fully saturated rings. The minimum Gasteiger partial charge on any atom is -0.462 e. The van der Waals surface area contributed by atoms with Crippen LogP contribution in [-0.2, 0) is 28.6 Å². The molecule has 0 aliphatic heterocycles. The van der Waals surface area contributed by atoms with E-state index in [0.717, 1.165) is 109 Å². The highest BCUT2D eigenvalue weighted by atomic mass is 16.6. The van der Waals surface area contributed by atoms with E-state index in [9.17, 15) is 14.4 Å². The van der Waals surface area contributed by atoms with E-state index in [1.807, 2.05) is 0 Å². The summed E-state index contributed by atoms with van der Waals surface area (Å²) < 4.78 is 17.0. The molecule has 0 rings (SSSR count). The lowest BCUT2D eigenvalue weighted by Crippen LogP contribution is -2.30. The van der Waals surface area contributed by atoms with Gasteiger partial charge in [0.05, 0.1) is 0 Å². The molecule has 0 bridgehead atoms. The fraction of sp³-hybridized carbons (Fsp3) is 0.779. The van der Waals surface area contributed by atoms with Gasteiger partial charge in [0.25, 0.3) is 0 Å². The quantitative estimate of drug-likeness (QED) is 0.0261. The third-order valence-corrected chi connectivity index (χ3v) is 15.8. The lowest BCUT2D eigenvalue weighted by molar-refractivity contribution is -0.167. The Balaban J connectivity index is 4.23. The van der Waals surface area contributed by atoms with Crippen LogP contribution < -0.4 is 0 Å². The molecule has 6 heteroatoms. The Morgan fingerprint density at radius 2 is 0.494 bits per heavy atom. The van der Waals surface area contributed by atoms with Crippen LogP contribution in [0.2, 0.25) is 0 Å². The molecule has 0 heterocycles. The standard InChI is InChI=1S/C77H136O6/c1-4-7-10-13-16-19-22-25-27-29-31-33-35-36-37-38-39-40-42-43-45-47-49-52-55-58-61-64-67-70-76(79)82-73-74(72-81-75(78)69-66-63-60-57-54-51-24-21-18-15-12-9-6-3)83-77(80)71-68-65-62-59-56-53-50-48-46-44-41-34-32-30-28-26-23-20-17-14-11-8-5-2/h8,11-12,15,17,20-21,24,26,28-29,31-32,34,74H,4-7,9-10,13-14,16,18-19,22-23,25,27,30,33,35-73H2,1-3H3/b11-8-,15-12-,20-17-,24-21-,28-26-,31-29-,34-32-. The van der Waals surface area contributed by atoms with Crippen LogP contribution in [0.15, 0.2) is 85.1 Å². The Morgan fingerprint density at radius 3 is 0.795 bits per heavy atom. The van der Waals surface area contributed by atoms with Crippen LogP contribution in [0.1, 0.15) is 367 Å². The third kappa shape index (κ3) is 69.3. The second kappa shape index (κ2) is 71.1. The Morgan fingerprint density at radius 1 is 0.253 bits per heavy atom. The average Bonchev–Trinajstić information content (AvgIpc) is 3.49. The molecule has 1 unspecified atom stereocenters. The molecule has 6 nitrogen and oxygen atoms in total. The normalized spacial score (nSPS) is 12.6. The summed E-state index contributed by atoms with van der Waals surface area (Å²) in [7, 11) is 0. The van der Waals surface area contributed by atoms with Gasteiger partial charge in [0.2, 0.25) is 0 Å². The fourth-order valence-corrected chi connectivity index (χ4v) is 10.5. The monoisotopic (exact) mass is 1160 g/mol. The number of hydrogen-bond donors (Lipinski definition) is 0. The predicted octanol–water partition coefficient (Wildman–Crippen LogP) is 25.0. The molecule has 1 atom stereocenters. The SMILES string of the molecule is CC/C=C\C/C=C\C/C=C\C/C=C\CCCCCCCCCCCCC(=O)OC(COC(=O)CCCCCCC/C=C\C/C=C\CCC)COC(=O)CCCCCCCCCCCCCCCCCCC/C=C\CCCCCCCCCC. The summed E-state index contributed by atoms with van der Waals surface area (Å²) in [5.74, 6) is -0.881. The number of carbonyl (C=O) groups excluding carboxylic acids is 3. The van der Waals surface area contributed by atoms with Crippen molar-refractivity contribution >= 4 is 17.9 Å². The Hall–Kier alpha value is -3.41. The molecule has 0 aliphatic carbocycles. The highest BCUT2D eigenvalue weighted by molar-refractivity contribution is 5.71. The van der Waals surface area contributed by atoms with Gasteiger partial charge in [0.15, 0.2) is 6.10 Å². The van der Waals surface area contributed by atoms with Crippen molar-refractivity contribution in [3.63, 3.8) is 0 Å². The van der Waals surface area contributed by atoms with Gasteiger partial charge >= 0.3 is 17.9 Å². The molecular weight excluding hydrogens is 1020 g/mol. The molecule has 0 N–H and O–H groups in total. The highest BCUT2D eigenvalue weighted by Crippen LogP contribution is 2.18. The summed E-state index contributed by atoms with van der Waals surface area (Å²) in [6.45, 7) is 6.50. The lowest BCUT2D eigenvalue weighted by atomic mass is 10.0. The van der Waals surface area contributed by atoms with Crippen LogP contribution in [-0.4, -0.2) is 37.2 Å². The first-order chi connectivity index (χ1) is 41.0. The van der Waals surface area contributed by atoms with Crippen molar-refractivity contribution < 1.29 is 28.6 Å². The van der Waals surface area contributed by atoms with Gasteiger partial charge in [-0.15, -0.1) is 0 Å². The van der Waals surface area contributed by atoms with Crippen LogP contribution >= 0.6 is 0 Å².